The highest BCUT2D eigenvalue weighted by atomic mass is 79.9. The smallest absolute Gasteiger partial charge is 0.330 e. The fraction of sp³-hybridized carbons (Fsp3) is 0.333. The van der Waals surface area contributed by atoms with Gasteiger partial charge in [-0.25, -0.2) is 13.6 Å². The van der Waals surface area contributed by atoms with Crippen molar-refractivity contribution in [3.05, 3.63) is 33.8 Å². The van der Waals surface area contributed by atoms with E-state index in [1.54, 1.807) is 0 Å². The second-order valence-electron chi connectivity index (χ2n) is 4.32. The van der Waals surface area contributed by atoms with E-state index in [0.29, 0.717) is 0 Å². The van der Waals surface area contributed by atoms with Crippen molar-refractivity contribution >= 4 is 27.8 Å². The number of carbonyl (C=O) groups excluding carboxylic acids is 2. The molecular formula is C12H12BrF2NO3. The molecule has 0 aliphatic carbocycles. The first-order valence-electron chi connectivity index (χ1n) is 5.24. The van der Waals surface area contributed by atoms with Crippen LogP contribution in [-0.4, -0.2) is 24.5 Å². The van der Waals surface area contributed by atoms with Gasteiger partial charge < -0.3 is 10.1 Å². The van der Waals surface area contributed by atoms with Crippen molar-refractivity contribution in [3.8, 4) is 0 Å². The Morgan fingerprint density at radius 1 is 1.26 bits per heavy atom. The highest BCUT2D eigenvalue weighted by Gasteiger charge is 2.32. The third kappa shape index (κ3) is 3.50. The van der Waals surface area contributed by atoms with Crippen LogP contribution < -0.4 is 5.32 Å². The van der Waals surface area contributed by atoms with Gasteiger partial charge in [-0.2, -0.15) is 0 Å². The van der Waals surface area contributed by atoms with Gasteiger partial charge in [0.05, 0.1) is 7.11 Å². The van der Waals surface area contributed by atoms with Gasteiger partial charge in [0.1, 0.15) is 22.7 Å². The average Bonchev–Trinajstić information content (AvgIpc) is 2.25. The molecule has 0 unspecified atom stereocenters. The zero-order chi connectivity index (χ0) is 14.8. The van der Waals surface area contributed by atoms with Crippen LogP contribution in [0.5, 0.6) is 0 Å². The first kappa shape index (κ1) is 15.6. The molecule has 1 rings (SSSR count). The summed E-state index contributed by atoms with van der Waals surface area (Å²) in [7, 11) is 1.15. The molecule has 0 aromatic heterocycles. The molecule has 0 saturated carbocycles. The normalized spacial score (nSPS) is 11.1. The predicted octanol–water partition coefficient (Wildman–Crippen LogP) is 2.41. The molecule has 0 atom stereocenters. The summed E-state index contributed by atoms with van der Waals surface area (Å²) in [6.45, 7) is 2.73. The molecule has 7 heteroatoms. The molecule has 0 fully saturated rings. The number of ether oxygens (including phenoxy) is 1. The Morgan fingerprint density at radius 3 is 2.16 bits per heavy atom. The molecular weight excluding hydrogens is 324 g/mol. The van der Waals surface area contributed by atoms with Crippen molar-refractivity contribution in [2.45, 2.75) is 19.4 Å². The third-order valence-electron chi connectivity index (χ3n) is 2.36. The minimum absolute atomic E-state index is 0.172. The molecule has 19 heavy (non-hydrogen) atoms. The van der Waals surface area contributed by atoms with Gasteiger partial charge in [0.25, 0.3) is 5.91 Å². The van der Waals surface area contributed by atoms with E-state index in [1.165, 1.54) is 13.8 Å². The van der Waals surface area contributed by atoms with Crippen molar-refractivity contribution in [2.24, 2.45) is 0 Å². The molecule has 1 aromatic rings. The summed E-state index contributed by atoms with van der Waals surface area (Å²) in [5, 5.41) is 2.22. The van der Waals surface area contributed by atoms with E-state index in [0.717, 1.165) is 19.2 Å². The number of amides is 1. The lowest BCUT2D eigenvalue weighted by molar-refractivity contribution is -0.146. The maximum absolute atomic E-state index is 13.6. The Bertz CT molecular complexity index is 509. The van der Waals surface area contributed by atoms with Gasteiger partial charge in [-0.1, -0.05) is 15.9 Å². The zero-order valence-corrected chi connectivity index (χ0v) is 12.1. The van der Waals surface area contributed by atoms with Gasteiger partial charge in [-0.15, -0.1) is 0 Å². The Morgan fingerprint density at radius 2 is 1.74 bits per heavy atom. The van der Waals surface area contributed by atoms with Crippen molar-refractivity contribution in [1.29, 1.82) is 0 Å². The molecule has 1 aromatic carbocycles. The van der Waals surface area contributed by atoms with Crippen LogP contribution in [0.3, 0.4) is 0 Å². The standard InChI is InChI=1S/C12H12BrF2NO3/c1-12(2,11(18)19-3)16-10(17)9-7(14)4-6(13)5-8(9)15/h4-5H,1-3H3,(H,16,17). The summed E-state index contributed by atoms with van der Waals surface area (Å²) < 4.78 is 31.8. The van der Waals surface area contributed by atoms with Crippen LogP contribution in [-0.2, 0) is 9.53 Å². The summed E-state index contributed by atoms with van der Waals surface area (Å²) in [4.78, 5) is 23.2. The number of esters is 1. The van der Waals surface area contributed by atoms with Crippen molar-refractivity contribution in [3.63, 3.8) is 0 Å². The van der Waals surface area contributed by atoms with Crippen LogP contribution in [0, 0.1) is 11.6 Å². The Balaban J connectivity index is 3.06. The van der Waals surface area contributed by atoms with E-state index >= 15 is 0 Å². The largest absolute Gasteiger partial charge is 0.467 e. The minimum Gasteiger partial charge on any atom is -0.467 e. The summed E-state index contributed by atoms with van der Waals surface area (Å²) in [6.07, 6.45) is 0. The molecule has 0 aliphatic rings. The third-order valence-corrected chi connectivity index (χ3v) is 2.81. The first-order valence-corrected chi connectivity index (χ1v) is 6.04. The van der Waals surface area contributed by atoms with E-state index in [2.05, 4.69) is 26.0 Å². The first-order chi connectivity index (χ1) is 8.69. The summed E-state index contributed by atoms with van der Waals surface area (Å²) in [5.74, 6) is -3.80. The number of halogens is 3. The predicted molar refractivity (Wildman–Crippen MR) is 67.6 cm³/mol. The molecule has 0 bridgehead atoms. The number of hydrogen-bond donors (Lipinski definition) is 1. The van der Waals surface area contributed by atoms with Crippen LogP contribution in [0.2, 0.25) is 0 Å². The molecule has 1 N–H and O–H groups in total. The maximum Gasteiger partial charge on any atom is 0.330 e. The van der Waals surface area contributed by atoms with Gasteiger partial charge in [0, 0.05) is 4.47 Å². The lowest BCUT2D eigenvalue weighted by Crippen LogP contribution is -2.50. The molecule has 104 valence electrons. The Hall–Kier alpha value is -1.50. The summed E-state index contributed by atoms with van der Waals surface area (Å²) >= 11 is 2.91. The zero-order valence-electron chi connectivity index (χ0n) is 10.5. The summed E-state index contributed by atoms with van der Waals surface area (Å²) in [6, 6.07) is 1.92. The number of nitrogens with one attached hydrogen (secondary N) is 1. The van der Waals surface area contributed by atoms with Gasteiger partial charge in [0.15, 0.2) is 0 Å². The monoisotopic (exact) mass is 335 g/mol. The fourth-order valence-corrected chi connectivity index (χ4v) is 1.81. The van der Waals surface area contributed by atoms with E-state index in [-0.39, 0.29) is 4.47 Å². The number of methoxy groups -OCH3 is 1. The molecule has 4 nitrogen and oxygen atoms in total. The van der Waals surface area contributed by atoms with E-state index < -0.39 is 34.6 Å². The second-order valence-corrected chi connectivity index (χ2v) is 5.23. The molecule has 1 amide bonds. The van der Waals surface area contributed by atoms with Crippen LogP contribution >= 0.6 is 15.9 Å². The van der Waals surface area contributed by atoms with Crippen molar-refractivity contribution in [1.82, 2.24) is 5.32 Å². The van der Waals surface area contributed by atoms with Crippen LogP contribution in [0.1, 0.15) is 24.2 Å². The van der Waals surface area contributed by atoms with E-state index in [9.17, 15) is 18.4 Å². The highest BCUT2D eigenvalue weighted by molar-refractivity contribution is 9.10. The Kier molecular flexibility index (Phi) is 4.62. The van der Waals surface area contributed by atoms with Crippen LogP contribution in [0.15, 0.2) is 16.6 Å². The van der Waals surface area contributed by atoms with Gasteiger partial charge in [0.2, 0.25) is 0 Å². The van der Waals surface area contributed by atoms with Gasteiger partial charge in [-0.05, 0) is 26.0 Å². The highest BCUT2D eigenvalue weighted by Crippen LogP contribution is 2.20. The molecule has 0 radical (unpaired) electrons. The molecule has 0 saturated heterocycles. The lowest BCUT2D eigenvalue weighted by atomic mass is 10.0. The van der Waals surface area contributed by atoms with Crippen LogP contribution in [0.25, 0.3) is 0 Å². The van der Waals surface area contributed by atoms with E-state index in [4.69, 9.17) is 0 Å². The number of hydrogen-bond acceptors (Lipinski definition) is 3. The van der Waals surface area contributed by atoms with Crippen LogP contribution in [0.4, 0.5) is 8.78 Å². The number of carbonyl (C=O) groups is 2. The van der Waals surface area contributed by atoms with Crippen molar-refractivity contribution < 1.29 is 23.1 Å². The second kappa shape index (κ2) is 5.64. The fourth-order valence-electron chi connectivity index (χ4n) is 1.41. The maximum atomic E-state index is 13.6. The topological polar surface area (TPSA) is 55.4 Å². The SMILES string of the molecule is COC(=O)C(C)(C)NC(=O)c1c(F)cc(Br)cc1F. The number of rotatable bonds is 3. The average molecular weight is 336 g/mol. The molecule has 0 spiro atoms. The summed E-state index contributed by atoms with van der Waals surface area (Å²) in [5.41, 5.74) is -2.14. The van der Waals surface area contributed by atoms with Crippen molar-refractivity contribution in [2.75, 3.05) is 7.11 Å². The number of benzene rings is 1. The minimum atomic E-state index is -1.39. The lowest BCUT2D eigenvalue weighted by Gasteiger charge is -2.23. The van der Waals surface area contributed by atoms with Gasteiger partial charge in [-0.3, -0.25) is 4.79 Å². The molecule has 0 heterocycles. The Labute approximate surface area is 117 Å². The molecule has 0 aliphatic heterocycles. The quantitative estimate of drug-likeness (QED) is 0.863. The van der Waals surface area contributed by atoms with E-state index in [1.807, 2.05) is 0 Å². The van der Waals surface area contributed by atoms with Gasteiger partial charge >= 0.3 is 5.97 Å².